The van der Waals surface area contributed by atoms with Gasteiger partial charge >= 0.3 is 23.2 Å². The standard InChI is InChI=1S/C13H8O6/c1-7(14)18-11(15)8-3-2-4-9-10(6-5-8)13(17)19-12(9)16/h2-6H,1H3. The van der Waals surface area contributed by atoms with E-state index in [-0.39, 0.29) is 16.0 Å². The maximum absolute atomic E-state index is 11.5. The van der Waals surface area contributed by atoms with Crippen LogP contribution in [0.1, 0.15) is 17.3 Å². The van der Waals surface area contributed by atoms with E-state index < -0.39 is 23.2 Å². The third-order valence-electron chi connectivity index (χ3n) is 2.36. The molecule has 0 atom stereocenters. The van der Waals surface area contributed by atoms with Gasteiger partial charge in [-0.3, -0.25) is 4.79 Å². The quantitative estimate of drug-likeness (QED) is 0.545. The molecule has 0 aromatic carbocycles. The van der Waals surface area contributed by atoms with Crippen molar-refractivity contribution >= 4 is 11.9 Å². The molecular formula is C13H8O6. The van der Waals surface area contributed by atoms with Gasteiger partial charge in [0.15, 0.2) is 0 Å². The summed E-state index contributed by atoms with van der Waals surface area (Å²) in [6.07, 6.45) is 0. The highest BCUT2D eigenvalue weighted by Gasteiger charge is 2.09. The summed E-state index contributed by atoms with van der Waals surface area (Å²) in [5, 5.41) is 0.180. The van der Waals surface area contributed by atoms with Gasteiger partial charge in [0, 0.05) is 6.92 Å². The van der Waals surface area contributed by atoms with E-state index in [1.54, 1.807) is 0 Å². The van der Waals surface area contributed by atoms with Crippen LogP contribution < -0.4 is 11.3 Å². The molecule has 1 heterocycles. The summed E-state index contributed by atoms with van der Waals surface area (Å²) in [6.45, 7) is 1.11. The number of carbonyl (C=O) groups is 2. The van der Waals surface area contributed by atoms with Crippen LogP contribution in [0.25, 0.3) is 0 Å². The highest BCUT2D eigenvalue weighted by Crippen LogP contribution is 2.00. The van der Waals surface area contributed by atoms with Gasteiger partial charge in [0.25, 0.3) is 0 Å². The van der Waals surface area contributed by atoms with Gasteiger partial charge in [-0.05, 0) is 24.3 Å². The monoisotopic (exact) mass is 260 g/mol. The first kappa shape index (κ1) is 12.7. The molecule has 0 aromatic rings. The topological polar surface area (TPSA) is 90.7 Å². The molecule has 19 heavy (non-hydrogen) atoms. The molecule has 0 aromatic heterocycles. The zero-order valence-electron chi connectivity index (χ0n) is 9.84. The van der Waals surface area contributed by atoms with Crippen LogP contribution in [-0.2, 0) is 9.53 Å². The Labute approximate surface area is 105 Å². The van der Waals surface area contributed by atoms with Gasteiger partial charge in [0.1, 0.15) is 0 Å². The van der Waals surface area contributed by atoms with E-state index in [9.17, 15) is 19.2 Å². The molecule has 0 spiro atoms. The highest BCUT2D eigenvalue weighted by molar-refractivity contribution is 5.96. The first-order chi connectivity index (χ1) is 8.99. The van der Waals surface area contributed by atoms with Gasteiger partial charge in [0.2, 0.25) is 0 Å². The summed E-state index contributed by atoms with van der Waals surface area (Å²) in [7, 11) is 0. The van der Waals surface area contributed by atoms with E-state index in [4.69, 9.17) is 0 Å². The van der Waals surface area contributed by atoms with Crippen LogP contribution in [0.2, 0.25) is 0 Å². The van der Waals surface area contributed by atoms with Crippen molar-refractivity contribution in [2.24, 2.45) is 0 Å². The van der Waals surface area contributed by atoms with Crippen molar-refractivity contribution in [3.63, 3.8) is 0 Å². The molecule has 6 nitrogen and oxygen atoms in total. The molecule has 0 saturated carbocycles. The first-order valence-electron chi connectivity index (χ1n) is 5.29. The summed E-state index contributed by atoms with van der Waals surface area (Å²) in [5.74, 6) is -1.57. The molecule has 6 heteroatoms. The lowest BCUT2D eigenvalue weighted by Crippen LogP contribution is -2.08. The molecule has 0 saturated heterocycles. The molecule has 0 fully saturated rings. The molecule has 0 bridgehead atoms. The maximum atomic E-state index is 11.5. The summed E-state index contributed by atoms with van der Waals surface area (Å²) in [4.78, 5) is 44.9. The van der Waals surface area contributed by atoms with E-state index in [2.05, 4.69) is 9.15 Å². The van der Waals surface area contributed by atoms with Crippen LogP contribution in [0.3, 0.4) is 0 Å². The largest absolute Gasteiger partial charge is 0.390 e. The molecule has 2 aliphatic rings. The zero-order valence-corrected chi connectivity index (χ0v) is 9.84. The molecule has 96 valence electrons. The number of carbonyl (C=O) groups excluding carboxylic acids is 2. The van der Waals surface area contributed by atoms with Crippen LogP contribution in [0.4, 0.5) is 0 Å². The maximum Gasteiger partial charge on any atom is 0.346 e. The van der Waals surface area contributed by atoms with E-state index in [0.717, 1.165) is 6.92 Å². The molecule has 1 aliphatic heterocycles. The minimum absolute atomic E-state index is 0.0578. The SMILES string of the molecule is CC(=O)OC(=O)c1cccc2c(=O)oc(=O)c=2cc1. The van der Waals surface area contributed by atoms with Crippen LogP contribution in [0.5, 0.6) is 0 Å². The number of hydrogen-bond acceptors (Lipinski definition) is 6. The molecule has 0 N–H and O–H groups in total. The molecule has 1 aliphatic carbocycles. The van der Waals surface area contributed by atoms with Gasteiger partial charge in [-0.25, -0.2) is 14.4 Å². The number of hydrogen-bond donors (Lipinski definition) is 0. The molecule has 0 unspecified atom stereocenters. The van der Waals surface area contributed by atoms with Crippen LogP contribution in [-0.4, -0.2) is 11.9 Å². The average molecular weight is 260 g/mol. The van der Waals surface area contributed by atoms with Crippen molar-refractivity contribution in [2.45, 2.75) is 6.92 Å². The Bertz CT molecular complexity index is 833. The van der Waals surface area contributed by atoms with Gasteiger partial charge in [0.05, 0.1) is 16.0 Å². The van der Waals surface area contributed by atoms with Crippen molar-refractivity contribution in [2.75, 3.05) is 0 Å². The minimum Gasteiger partial charge on any atom is -0.390 e. The normalized spacial score (nSPS) is 10.2. The smallest absolute Gasteiger partial charge is 0.346 e. The van der Waals surface area contributed by atoms with Crippen molar-refractivity contribution in [1.29, 1.82) is 0 Å². The van der Waals surface area contributed by atoms with Gasteiger partial charge in [-0.2, -0.15) is 0 Å². The third-order valence-corrected chi connectivity index (χ3v) is 2.36. The number of esters is 2. The average Bonchev–Trinajstić information content (AvgIpc) is 2.51. The lowest BCUT2D eigenvalue weighted by Gasteiger charge is -1.97. The fourth-order valence-corrected chi connectivity index (χ4v) is 1.53. The van der Waals surface area contributed by atoms with Crippen molar-refractivity contribution in [1.82, 2.24) is 0 Å². The number of rotatable bonds is 1. The van der Waals surface area contributed by atoms with Gasteiger partial charge < -0.3 is 9.15 Å². The summed E-state index contributed by atoms with van der Waals surface area (Å²) >= 11 is 0. The zero-order chi connectivity index (χ0) is 14.0. The van der Waals surface area contributed by atoms with Gasteiger partial charge in [-0.1, -0.05) is 6.07 Å². The van der Waals surface area contributed by atoms with Crippen molar-refractivity contribution < 1.29 is 18.7 Å². The second-order valence-electron chi connectivity index (χ2n) is 3.70. The molecular weight excluding hydrogens is 252 g/mol. The predicted octanol–water partition coefficient (Wildman–Crippen LogP) is 0.428. The fraction of sp³-hybridized carbons (Fsp3) is 0.0769. The Morgan fingerprint density at radius 2 is 1.63 bits per heavy atom. The fourth-order valence-electron chi connectivity index (χ4n) is 1.53. The van der Waals surface area contributed by atoms with E-state index in [1.807, 2.05) is 0 Å². The van der Waals surface area contributed by atoms with Crippen molar-refractivity contribution in [3.8, 4) is 0 Å². The second kappa shape index (κ2) is 4.85. The van der Waals surface area contributed by atoms with Crippen LogP contribution >= 0.6 is 0 Å². The van der Waals surface area contributed by atoms with Crippen LogP contribution in [0.15, 0.2) is 44.3 Å². The van der Waals surface area contributed by atoms with E-state index in [0.29, 0.717) is 0 Å². The summed E-state index contributed by atoms with van der Waals surface area (Å²) in [6, 6.07) is 6.67. The summed E-state index contributed by atoms with van der Waals surface area (Å²) in [5.41, 5.74) is -1.43. The molecule has 0 amide bonds. The highest BCUT2D eigenvalue weighted by atomic mass is 16.6. The number of ether oxygens (including phenoxy) is 1. The lowest BCUT2D eigenvalue weighted by molar-refractivity contribution is -0.135. The van der Waals surface area contributed by atoms with E-state index >= 15 is 0 Å². The molecule has 0 radical (unpaired) electrons. The Morgan fingerprint density at radius 1 is 1.00 bits per heavy atom. The van der Waals surface area contributed by atoms with E-state index in [1.165, 1.54) is 30.3 Å². The Balaban J connectivity index is 2.64. The van der Waals surface area contributed by atoms with Gasteiger partial charge in [-0.15, -0.1) is 0 Å². The lowest BCUT2D eigenvalue weighted by atomic mass is 10.2. The minimum atomic E-state index is -0.838. The Hall–Kier alpha value is -2.76. The Morgan fingerprint density at radius 3 is 2.26 bits per heavy atom. The van der Waals surface area contributed by atoms with Crippen molar-refractivity contribution in [3.05, 3.63) is 67.2 Å². The predicted molar refractivity (Wildman–Crippen MR) is 62.6 cm³/mol. The third kappa shape index (κ3) is 2.57. The molecule has 2 rings (SSSR count). The first-order valence-corrected chi connectivity index (χ1v) is 5.29. The van der Waals surface area contributed by atoms with Crippen LogP contribution in [0, 0.1) is 10.4 Å². The Kier molecular flexibility index (Phi) is 3.24. The second-order valence-corrected chi connectivity index (χ2v) is 3.70. The summed E-state index contributed by atoms with van der Waals surface area (Å²) < 4.78 is 8.85.